The monoisotopic (exact) mass is 233 g/mol. The van der Waals surface area contributed by atoms with Crippen LogP contribution in [-0.2, 0) is 5.00 Å². The van der Waals surface area contributed by atoms with Crippen LogP contribution in [0.25, 0.3) is 0 Å². The minimum Gasteiger partial charge on any atom is -0.287 e. The summed E-state index contributed by atoms with van der Waals surface area (Å²) in [5, 5.41) is 0. The van der Waals surface area contributed by atoms with Crippen molar-refractivity contribution in [1.82, 2.24) is 4.90 Å². The van der Waals surface area contributed by atoms with Crippen molar-refractivity contribution in [2.45, 2.75) is 18.3 Å². The Balaban J connectivity index is 0.00000169. The number of hydrogen-bond acceptors (Lipinski definition) is 1. The Bertz CT molecular complexity index is 261. The van der Waals surface area contributed by atoms with Crippen LogP contribution in [0.2, 0.25) is 0 Å². The van der Waals surface area contributed by atoms with Crippen molar-refractivity contribution in [3.8, 4) is 0 Å². The zero-order chi connectivity index (χ0) is 9.90. The molecule has 0 spiro atoms. The zero-order valence-electron chi connectivity index (χ0n) is 8.83. The van der Waals surface area contributed by atoms with Gasteiger partial charge in [0.25, 0.3) is 0 Å². The van der Waals surface area contributed by atoms with Crippen LogP contribution in [0.5, 0.6) is 0 Å². The number of halogens is 2. The van der Waals surface area contributed by atoms with Crippen LogP contribution in [0.1, 0.15) is 18.9 Å². The SMILES string of the molecule is CCC(Cl)(c1ccccc1)N(C)C.Cl. The first-order valence-corrected chi connectivity index (χ1v) is 4.91. The molecule has 0 aliphatic heterocycles. The van der Waals surface area contributed by atoms with Crippen LogP contribution >= 0.6 is 24.0 Å². The summed E-state index contributed by atoms with van der Waals surface area (Å²) in [4.78, 5) is 1.69. The number of hydrogen-bond donors (Lipinski definition) is 0. The highest BCUT2D eigenvalue weighted by atomic mass is 35.5. The van der Waals surface area contributed by atoms with Gasteiger partial charge in [0.15, 0.2) is 0 Å². The fourth-order valence-corrected chi connectivity index (χ4v) is 1.60. The van der Waals surface area contributed by atoms with Crippen molar-refractivity contribution >= 4 is 24.0 Å². The molecule has 1 unspecified atom stereocenters. The Hall–Kier alpha value is -0.240. The Morgan fingerprint density at radius 1 is 1.21 bits per heavy atom. The van der Waals surface area contributed by atoms with E-state index in [-0.39, 0.29) is 17.4 Å². The molecule has 0 saturated heterocycles. The molecule has 14 heavy (non-hydrogen) atoms. The van der Waals surface area contributed by atoms with Gasteiger partial charge in [0.2, 0.25) is 0 Å². The second-order valence-electron chi connectivity index (χ2n) is 3.37. The van der Waals surface area contributed by atoms with Gasteiger partial charge in [0.05, 0.1) is 0 Å². The second kappa shape index (κ2) is 5.59. The first-order chi connectivity index (χ1) is 6.11. The first kappa shape index (κ1) is 13.8. The molecule has 0 aromatic heterocycles. The summed E-state index contributed by atoms with van der Waals surface area (Å²) in [6.07, 6.45) is 0.894. The molecule has 0 fully saturated rings. The fraction of sp³-hybridized carbons (Fsp3) is 0.455. The Morgan fingerprint density at radius 2 is 1.71 bits per heavy atom. The maximum absolute atomic E-state index is 6.51. The van der Waals surface area contributed by atoms with Gasteiger partial charge < -0.3 is 0 Å². The normalized spacial score (nSPS) is 14.6. The molecule has 0 heterocycles. The van der Waals surface area contributed by atoms with Gasteiger partial charge in [-0.05, 0) is 26.1 Å². The van der Waals surface area contributed by atoms with Crippen molar-refractivity contribution in [3.63, 3.8) is 0 Å². The summed E-state index contributed by atoms with van der Waals surface area (Å²) >= 11 is 6.51. The lowest BCUT2D eigenvalue weighted by Crippen LogP contribution is -2.35. The number of alkyl halides is 1. The van der Waals surface area contributed by atoms with E-state index >= 15 is 0 Å². The second-order valence-corrected chi connectivity index (χ2v) is 4.00. The minimum absolute atomic E-state index is 0. The maximum atomic E-state index is 6.51. The van der Waals surface area contributed by atoms with Crippen molar-refractivity contribution in [1.29, 1.82) is 0 Å². The van der Waals surface area contributed by atoms with E-state index in [0.29, 0.717) is 0 Å². The lowest BCUT2D eigenvalue weighted by atomic mass is 10.0. The average Bonchev–Trinajstić information content (AvgIpc) is 2.17. The Kier molecular flexibility index (Phi) is 5.50. The minimum atomic E-state index is -0.360. The molecule has 0 aliphatic carbocycles. The van der Waals surface area contributed by atoms with Gasteiger partial charge in [-0.1, -0.05) is 48.9 Å². The van der Waals surface area contributed by atoms with Gasteiger partial charge in [-0.3, -0.25) is 4.90 Å². The molecule has 0 saturated carbocycles. The summed E-state index contributed by atoms with van der Waals surface area (Å²) < 4.78 is 0. The highest BCUT2D eigenvalue weighted by Gasteiger charge is 2.29. The van der Waals surface area contributed by atoms with Crippen molar-refractivity contribution in [3.05, 3.63) is 35.9 Å². The quantitative estimate of drug-likeness (QED) is 0.571. The smallest absolute Gasteiger partial charge is 0.121 e. The molecule has 1 nitrogen and oxygen atoms in total. The third-order valence-corrected chi connectivity index (χ3v) is 3.22. The fourth-order valence-electron chi connectivity index (χ4n) is 1.47. The van der Waals surface area contributed by atoms with Crippen LogP contribution < -0.4 is 0 Å². The standard InChI is InChI=1S/C11H16ClN.ClH/c1-4-11(12,13(2)3)10-8-6-5-7-9-10;/h5-9H,4H2,1-3H3;1H. The van der Waals surface area contributed by atoms with Crippen molar-refractivity contribution < 1.29 is 0 Å². The topological polar surface area (TPSA) is 3.24 Å². The Labute approximate surface area is 97.5 Å². The molecular weight excluding hydrogens is 217 g/mol. The van der Waals surface area contributed by atoms with E-state index in [4.69, 9.17) is 11.6 Å². The van der Waals surface area contributed by atoms with E-state index in [1.807, 2.05) is 37.2 Å². The molecule has 1 rings (SSSR count). The lowest BCUT2D eigenvalue weighted by Gasteiger charge is -2.33. The van der Waals surface area contributed by atoms with E-state index in [2.05, 4.69) is 19.1 Å². The molecule has 1 aromatic rings. The maximum Gasteiger partial charge on any atom is 0.121 e. The van der Waals surface area contributed by atoms with Crippen LogP contribution in [0, 0.1) is 0 Å². The van der Waals surface area contributed by atoms with Crippen LogP contribution in [-0.4, -0.2) is 19.0 Å². The number of rotatable bonds is 3. The van der Waals surface area contributed by atoms with E-state index < -0.39 is 0 Å². The summed E-state index contributed by atoms with van der Waals surface area (Å²) in [6, 6.07) is 10.2. The highest BCUT2D eigenvalue weighted by molar-refractivity contribution is 6.23. The molecule has 0 bridgehead atoms. The molecule has 0 radical (unpaired) electrons. The predicted octanol–water partition coefficient (Wildman–Crippen LogP) is 3.47. The molecular formula is C11H17Cl2N. The van der Waals surface area contributed by atoms with Crippen LogP contribution in [0.3, 0.4) is 0 Å². The molecule has 0 N–H and O–H groups in total. The largest absolute Gasteiger partial charge is 0.287 e. The third-order valence-electron chi connectivity index (χ3n) is 2.39. The van der Waals surface area contributed by atoms with Crippen LogP contribution in [0.4, 0.5) is 0 Å². The lowest BCUT2D eigenvalue weighted by molar-refractivity contribution is 0.243. The summed E-state index contributed by atoms with van der Waals surface area (Å²) in [5.41, 5.74) is 1.16. The molecule has 1 aromatic carbocycles. The van der Waals surface area contributed by atoms with Gasteiger partial charge in [-0.25, -0.2) is 0 Å². The average molecular weight is 234 g/mol. The van der Waals surface area contributed by atoms with Crippen LogP contribution in [0.15, 0.2) is 30.3 Å². The molecule has 0 aliphatic rings. The van der Waals surface area contributed by atoms with Gasteiger partial charge in [-0.15, -0.1) is 12.4 Å². The molecule has 3 heteroatoms. The van der Waals surface area contributed by atoms with E-state index in [9.17, 15) is 0 Å². The third kappa shape index (κ3) is 2.63. The molecule has 1 atom stereocenters. The van der Waals surface area contributed by atoms with E-state index in [0.717, 1.165) is 12.0 Å². The summed E-state index contributed by atoms with van der Waals surface area (Å²) in [7, 11) is 4.01. The number of benzene rings is 1. The van der Waals surface area contributed by atoms with Crippen molar-refractivity contribution in [2.75, 3.05) is 14.1 Å². The number of nitrogens with zero attached hydrogens (tertiary/aromatic N) is 1. The van der Waals surface area contributed by atoms with Gasteiger partial charge >= 0.3 is 0 Å². The van der Waals surface area contributed by atoms with Gasteiger partial charge in [0.1, 0.15) is 5.00 Å². The van der Waals surface area contributed by atoms with Gasteiger partial charge in [0, 0.05) is 0 Å². The molecule has 0 amide bonds. The van der Waals surface area contributed by atoms with E-state index in [1.165, 1.54) is 0 Å². The Morgan fingerprint density at radius 3 is 2.07 bits per heavy atom. The van der Waals surface area contributed by atoms with Gasteiger partial charge in [-0.2, -0.15) is 0 Å². The first-order valence-electron chi connectivity index (χ1n) is 4.53. The van der Waals surface area contributed by atoms with Crippen molar-refractivity contribution in [2.24, 2.45) is 0 Å². The highest BCUT2D eigenvalue weighted by Crippen LogP contribution is 2.34. The zero-order valence-corrected chi connectivity index (χ0v) is 10.4. The predicted molar refractivity (Wildman–Crippen MR) is 65.2 cm³/mol. The summed E-state index contributed by atoms with van der Waals surface area (Å²) in [6.45, 7) is 2.10. The summed E-state index contributed by atoms with van der Waals surface area (Å²) in [5.74, 6) is 0. The molecule has 80 valence electrons. The van der Waals surface area contributed by atoms with E-state index in [1.54, 1.807) is 0 Å².